The van der Waals surface area contributed by atoms with Crippen molar-refractivity contribution in [1.82, 2.24) is 10.2 Å². The molecule has 0 aromatic heterocycles. The topological polar surface area (TPSA) is 18.5 Å². The third-order valence-electron chi connectivity index (χ3n) is 5.20. The summed E-state index contributed by atoms with van der Waals surface area (Å²) in [7, 11) is 2.16. The van der Waals surface area contributed by atoms with E-state index in [1.807, 2.05) is 6.92 Å². The maximum Gasteiger partial charge on any atom is 0.127 e. The molecule has 3 nitrogen and oxygen atoms in total. The van der Waals surface area contributed by atoms with Gasteiger partial charge in [-0.3, -0.25) is 0 Å². The van der Waals surface area contributed by atoms with E-state index in [9.17, 15) is 4.39 Å². The van der Waals surface area contributed by atoms with Gasteiger partial charge in [-0.25, -0.2) is 4.39 Å². The van der Waals surface area contributed by atoms with Crippen LogP contribution in [0.1, 0.15) is 11.1 Å². The molecule has 1 N–H and O–H groups in total. The van der Waals surface area contributed by atoms with Gasteiger partial charge in [0, 0.05) is 38.4 Å². The van der Waals surface area contributed by atoms with E-state index in [0.717, 1.165) is 61.4 Å². The molecule has 0 saturated carbocycles. The van der Waals surface area contributed by atoms with Crippen LogP contribution in [0.5, 0.6) is 0 Å². The fourth-order valence-electron chi connectivity index (χ4n) is 3.40. The molecule has 1 heterocycles. The molecule has 0 spiro atoms. The highest BCUT2D eigenvalue weighted by Gasteiger charge is 2.14. The van der Waals surface area contributed by atoms with Crippen molar-refractivity contribution in [2.75, 3.05) is 44.7 Å². The number of rotatable bonds is 6. The highest BCUT2D eigenvalue weighted by Crippen LogP contribution is 2.27. The van der Waals surface area contributed by atoms with Gasteiger partial charge < -0.3 is 15.1 Å². The third-order valence-corrected chi connectivity index (χ3v) is 5.20. The summed E-state index contributed by atoms with van der Waals surface area (Å²) < 4.78 is 14.4. The van der Waals surface area contributed by atoms with Crippen LogP contribution in [0.3, 0.4) is 0 Å². The van der Waals surface area contributed by atoms with Gasteiger partial charge >= 0.3 is 0 Å². The normalized spacial score (nSPS) is 15.1. The number of anilines is 1. The molecule has 0 aliphatic carbocycles. The molecule has 26 heavy (non-hydrogen) atoms. The van der Waals surface area contributed by atoms with E-state index in [2.05, 4.69) is 59.1 Å². The molecule has 0 radical (unpaired) electrons. The van der Waals surface area contributed by atoms with Gasteiger partial charge in [-0.2, -0.15) is 0 Å². The van der Waals surface area contributed by atoms with E-state index in [-0.39, 0.29) is 5.82 Å². The Morgan fingerprint density at radius 2 is 1.77 bits per heavy atom. The van der Waals surface area contributed by atoms with Crippen LogP contribution in [0.15, 0.2) is 49.2 Å². The number of hydrogen-bond acceptors (Lipinski definition) is 3. The van der Waals surface area contributed by atoms with E-state index >= 15 is 0 Å². The van der Waals surface area contributed by atoms with E-state index < -0.39 is 0 Å². The summed E-state index contributed by atoms with van der Waals surface area (Å²) in [6.45, 7) is 10.5. The number of halogens is 1. The van der Waals surface area contributed by atoms with Crippen LogP contribution >= 0.6 is 0 Å². The SMILES string of the molecule is C=CNCCc1cc(-c2ccc(N3CCN(C)CC3)cc2)cc(F)c1C. The third kappa shape index (κ3) is 4.25. The van der Waals surface area contributed by atoms with Gasteiger partial charge in [0.2, 0.25) is 0 Å². The zero-order valence-electron chi connectivity index (χ0n) is 15.8. The van der Waals surface area contributed by atoms with E-state index in [1.54, 1.807) is 12.3 Å². The Kier molecular flexibility index (Phi) is 5.94. The van der Waals surface area contributed by atoms with Crippen LogP contribution < -0.4 is 10.2 Å². The van der Waals surface area contributed by atoms with Gasteiger partial charge in [-0.15, -0.1) is 0 Å². The zero-order valence-corrected chi connectivity index (χ0v) is 15.8. The highest BCUT2D eigenvalue weighted by molar-refractivity contribution is 5.68. The first-order valence-electron chi connectivity index (χ1n) is 9.25. The van der Waals surface area contributed by atoms with Crippen molar-refractivity contribution in [3.63, 3.8) is 0 Å². The minimum Gasteiger partial charge on any atom is -0.391 e. The molecule has 4 heteroatoms. The molecular formula is C22H28FN3. The van der Waals surface area contributed by atoms with Crippen LogP contribution in [0.2, 0.25) is 0 Å². The van der Waals surface area contributed by atoms with Crippen LogP contribution in [0.4, 0.5) is 10.1 Å². The number of nitrogens with one attached hydrogen (secondary N) is 1. The van der Waals surface area contributed by atoms with Crippen LogP contribution in [-0.2, 0) is 6.42 Å². The summed E-state index contributed by atoms with van der Waals surface area (Å²) in [4.78, 5) is 4.76. The van der Waals surface area contributed by atoms with Crippen LogP contribution in [-0.4, -0.2) is 44.7 Å². The minimum absolute atomic E-state index is 0.140. The monoisotopic (exact) mass is 353 g/mol. The number of nitrogens with zero attached hydrogens (tertiary/aromatic N) is 2. The van der Waals surface area contributed by atoms with Crippen molar-refractivity contribution in [3.05, 3.63) is 66.1 Å². The summed E-state index contributed by atoms with van der Waals surface area (Å²) in [5.74, 6) is -0.140. The second kappa shape index (κ2) is 8.37. The first-order valence-corrected chi connectivity index (χ1v) is 9.25. The van der Waals surface area contributed by atoms with Crippen molar-refractivity contribution in [1.29, 1.82) is 0 Å². The lowest BCUT2D eigenvalue weighted by Gasteiger charge is -2.34. The van der Waals surface area contributed by atoms with Crippen molar-refractivity contribution in [2.24, 2.45) is 0 Å². The average Bonchev–Trinajstić information content (AvgIpc) is 2.66. The number of hydrogen-bond donors (Lipinski definition) is 1. The first-order chi connectivity index (χ1) is 12.6. The average molecular weight is 353 g/mol. The molecule has 0 amide bonds. The first kappa shape index (κ1) is 18.5. The lowest BCUT2D eigenvalue weighted by Crippen LogP contribution is -2.44. The fraction of sp³-hybridized carbons (Fsp3) is 0.364. The summed E-state index contributed by atoms with van der Waals surface area (Å²) >= 11 is 0. The Morgan fingerprint density at radius 1 is 1.08 bits per heavy atom. The molecule has 2 aromatic carbocycles. The van der Waals surface area contributed by atoms with Gasteiger partial charge in [-0.1, -0.05) is 24.8 Å². The molecule has 1 fully saturated rings. The van der Waals surface area contributed by atoms with Crippen LogP contribution in [0.25, 0.3) is 11.1 Å². The Labute approximate surface area is 156 Å². The van der Waals surface area contributed by atoms with Crippen molar-refractivity contribution in [3.8, 4) is 11.1 Å². The minimum atomic E-state index is -0.140. The molecule has 1 aliphatic rings. The number of likely N-dealkylation sites (N-methyl/N-ethyl adjacent to an activating group) is 1. The van der Waals surface area contributed by atoms with Gasteiger partial charge in [0.15, 0.2) is 0 Å². The number of benzene rings is 2. The second-order valence-electron chi connectivity index (χ2n) is 6.99. The Bertz CT molecular complexity index is 747. The predicted octanol–water partition coefficient (Wildman–Crippen LogP) is 3.83. The highest BCUT2D eigenvalue weighted by atomic mass is 19.1. The van der Waals surface area contributed by atoms with E-state index in [1.165, 1.54) is 5.69 Å². The van der Waals surface area contributed by atoms with E-state index in [0.29, 0.717) is 0 Å². The lowest BCUT2D eigenvalue weighted by molar-refractivity contribution is 0.313. The molecule has 138 valence electrons. The van der Waals surface area contributed by atoms with Gasteiger partial charge in [0.1, 0.15) is 5.82 Å². The maximum atomic E-state index is 14.4. The Balaban J connectivity index is 1.79. The summed E-state index contributed by atoms with van der Waals surface area (Å²) in [5, 5.41) is 3.08. The van der Waals surface area contributed by atoms with Crippen molar-refractivity contribution in [2.45, 2.75) is 13.3 Å². The molecular weight excluding hydrogens is 325 g/mol. The molecule has 1 aliphatic heterocycles. The molecule has 0 bridgehead atoms. The lowest BCUT2D eigenvalue weighted by atomic mass is 9.97. The van der Waals surface area contributed by atoms with Gasteiger partial charge in [-0.05, 0) is 67.0 Å². The van der Waals surface area contributed by atoms with E-state index in [4.69, 9.17) is 0 Å². The second-order valence-corrected chi connectivity index (χ2v) is 6.99. The smallest absolute Gasteiger partial charge is 0.127 e. The van der Waals surface area contributed by atoms with Gasteiger partial charge in [0.05, 0.1) is 0 Å². The molecule has 3 rings (SSSR count). The zero-order chi connectivity index (χ0) is 18.5. The van der Waals surface area contributed by atoms with Crippen molar-refractivity contribution >= 4 is 5.69 Å². The van der Waals surface area contributed by atoms with Crippen molar-refractivity contribution < 1.29 is 4.39 Å². The van der Waals surface area contributed by atoms with Crippen LogP contribution in [0, 0.1) is 12.7 Å². The summed E-state index contributed by atoms with van der Waals surface area (Å²) in [5.41, 5.74) is 5.00. The Morgan fingerprint density at radius 3 is 2.42 bits per heavy atom. The molecule has 1 saturated heterocycles. The largest absolute Gasteiger partial charge is 0.391 e. The standard InChI is InChI=1S/C22H28FN3/c1-4-24-10-9-19-15-20(16-22(23)17(19)2)18-5-7-21(8-6-18)26-13-11-25(3)12-14-26/h4-8,15-16,24H,1,9-14H2,2-3H3. The Hall–Kier alpha value is -2.33. The fourth-order valence-corrected chi connectivity index (χ4v) is 3.40. The predicted molar refractivity (Wildman–Crippen MR) is 108 cm³/mol. The maximum absolute atomic E-state index is 14.4. The molecule has 0 unspecified atom stereocenters. The summed E-state index contributed by atoms with van der Waals surface area (Å²) in [6.07, 6.45) is 2.45. The summed E-state index contributed by atoms with van der Waals surface area (Å²) in [6, 6.07) is 12.3. The van der Waals surface area contributed by atoms with Gasteiger partial charge in [0.25, 0.3) is 0 Å². The quantitative estimate of drug-likeness (QED) is 0.797. The molecule has 0 atom stereocenters. The number of piperazine rings is 1. The molecule has 2 aromatic rings.